The highest BCUT2D eigenvalue weighted by Gasteiger charge is 2.20. The predicted octanol–water partition coefficient (Wildman–Crippen LogP) is 2.41. The Morgan fingerprint density at radius 3 is 2.68 bits per heavy atom. The summed E-state index contributed by atoms with van der Waals surface area (Å²) < 4.78 is 2.43. The number of likely N-dealkylation sites (tertiary alicyclic amines) is 1. The van der Waals surface area contributed by atoms with Crippen LogP contribution in [-0.4, -0.2) is 45.5 Å². The number of benzene rings is 1. The zero-order valence-electron chi connectivity index (χ0n) is 14.7. The Morgan fingerprint density at radius 2 is 1.84 bits per heavy atom. The molecule has 4 rings (SSSR count). The van der Waals surface area contributed by atoms with E-state index in [1.807, 2.05) is 18.2 Å². The molecule has 5 nitrogen and oxygen atoms in total. The average Bonchev–Trinajstić information content (AvgIpc) is 3.23. The molecule has 25 heavy (non-hydrogen) atoms. The van der Waals surface area contributed by atoms with Crippen LogP contribution in [0.1, 0.15) is 35.5 Å². The maximum absolute atomic E-state index is 9.07. The third-order valence-electron chi connectivity index (χ3n) is 5.36. The topological polar surface area (TPSA) is 48.1 Å². The van der Waals surface area contributed by atoms with Crippen LogP contribution < -0.4 is 0 Å². The molecule has 130 valence electrons. The fourth-order valence-corrected chi connectivity index (χ4v) is 3.99. The molecule has 0 aliphatic carbocycles. The Kier molecular flexibility index (Phi) is 4.82. The third kappa shape index (κ3) is 3.76. The van der Waals surface area contributed by atoms with Gasteiger partial charge < -0.3 is 4.57 Å². The van der Waals surface area contributed by atoms with Gasteiger partial charge in [-0.05, 0) is 43.6 Å². The largest absolute Gasteiger partial charge is 0.329 e. The smallest absolute Gasteiger partial charge is 0.110 e. The second kappa shape index (κ2) is 7.38. The molecule has 1 fully saturated rings. The summed E-state index contributed by atoms with van der Waals surface area (Å²) in [6.07, 6.45) is 5.74. The molecule has 0 spiro atoms. The lowest BCUT2D eigenvalue weighted by Gasteiger charge is -2.20. The van der Waals surface area contributed by atoms with Crippen LogP contribution in [0.25, 0.3) is 0 Å². The lowest BCUT2D eigenvalue weighted by atomic mass is 10.1. The molecule has 0 bridgehead atoms. The molecule has 0 amide bonds. The SMILES string of the molecule is N#Cc1cccc(CN2CCc3ncc(CN4CCCC4)n3CC2)c1. The van der Waals surface area contributed by atoms with Gasteiger partial charge in [-0.3, -0.25) is 9.80 Å². The van der Waals surface area contributed by atoms with Crippen LogP contribution in [-0.2, 0) is 26.1 Å². The van der Waals surface area contributed by atoms with E-state index in [-0.39, 0.29) is 0 Å². The third-order valence-corrected chi connectivity index (χ3v) is 5.36. The number of aromatic nitrogens is 2. The van der Waals surface area contributed by atoms with Crippen molar-refractivity contribution in [2.45, 2.75) is 38.9 Å². The van der Waals surface area contributed by atoms with Crippen LogP contribution in [0.2, 0.25) is 0 Å². The van der Waals surface area contributed by atoms with Crippen molar-refractivity contribution < 1.29 is 0 Å². The summed E-state index contributed by atoms with van der Waals surface area (Å²) in [6, 6.07) is 10.2. The van der Waals surface area contributed by atoms with E-state index in [9.17, 15) is 0 Å². The van der Waals surface area contributed by atoms with E-state index in [0.29, 0.717) is 0 Å². The Labute approximate surface area is 149 Å². The number of nitrogens with zero attached hydrogens (tertiary/aromatic N) is 5. The first kappa shape index (κ1) is 16.3. The normalized spacial score (nSPS) is 18.7. The minimum absolute atomic E-state index is 0.744. The number of hydrogen-bond acceptors (Lipinski definition) is 4. The Hall–Kier alpha value is -2.16. The summed E-state index contributed by atoms with van der Waals surface area (Å²) >= 11 is 0. The van der Waals surface area contributed by atoms with Crippen LogP contribution in [0.5, 0.6) is 0 Å². The molecule has 0 atom stereocenters. The summed E-state index contributed by atoms with van der Waals surface area (Å²) in [4.78, 5) is 9.71. The first-order chi connectivity index (χ1) is 12.3. The lowest BCUT2D eigenvalue weighted by molar-refractivity contribution is 0.268. The zero-order chi connectivity index (χ0) is 17.1. The van der Waals surface area contributed by atoms with Crippen molar-refractivity contribution in [3.05, 3.63) is 53.1 Å². The van der Waals surface area contributed by atoms with Crippen molar-refractivity contribution in [3.8, 4) is 6.07 Å². The second-order valence-corrected chi connectivity index (χ2v) is 7.14. The van der Waals surface area contributed by atoms with Gasteiger partial charge in [0.2, 0.25) is 0 Å². The van der Waals surface area contributed by atoms with Gasteiger partial charge in [-0.25, -0.2) is 4.98 Å². The summed E-state index contributed by atoms with van der Waals surface area (Å²) in [6.45, 7) is 7.46. The molecular weight excluding hydrogens is 310 g/mol. The van der Waals surface area contributed by atoms with Crippen molar-refractivity contribution >= 4 is 0 Å². The first-order valence-corrected chi connectivity index (χ1v) is 9.29. The molecular formula is C20H25N5. The van der Waals surface area contributed by atoms with Crippen LogP contribution in [0.3, 0.4) is 0 Å². The maximum Gasteiger partial charge on any atom is 0.110 e. The molecule has 2 aliphatic heterocycles. The van der Waals surface area contributed by atoms with Gasteiger partial charge in [-0.2, -0.15) is 5.26 Å². The van der Waals surface area contributed by atoms with Gasteiger partial charge in [0.25, 0.3) is 0 Å². The van der Waals surface area contributed by atoms with E-state index in [1.54, 1.807) is 0 Å². The van der Waals surface area contributed by atoms with Crippen LogP contribution >= 0.6 is 0 Å². The molecule has 1 saturated heterocycles. The molecule has 3 heterocycles. The van der Waals surface area contributed by atoms with Gasteiger partial charge in [0.05, 0.1) is 17.3 Å². The lowest BCUT2D eigenvalue weighted by Crippen LogP contribution is -2.27. The standard InChI is InChI=1S/C20H25N5/c21-13-17-4-3-5-18(12-17)15-24-9-6-20-22-14-19(25(20)11-10-24)16-23-7-1-2-8-23/h3-5,12,14H,1-2,6-11,15-16H2. The van der Waals surface area contributed by atoms with Crippen molar-refractivity contribution in [2.24, 2.45) is 0 Å². The zero-order valence-corrected chi connectivity index (χ0v) is 14.7. The minimum atomic E-state index is 0.744. The summed E-state index contributed by atoms with van der Waals surface area (Å²) in [5.41, 5.74) is 3.33. The minimum Gasteiger partial charge on any atom is -0.329 e. The number of imidazole rings is 1. The molecule has 2 aromatic rings. The van der Waals surface area contributed by atoms with E-state index in [2.05, 4.69) is 32.7 Å². The highest BCUT2D eigenvalue weighted by Crippen LogP contribution is 2.18. The Bertz CT molecular complexity index is 767. The predicted molar refractivity (Wildman–Crippen MR) is 96.9 cm³/mol. The van der Waals surface area contributed by atoms with Gasteiger partial charge in [-0.1, -0.05) is 12.1 Å². The van der Waals surface area contributed by atoms with Crippen molar-refractivity contribution in [1.29, 1.82) is 5.26 Å². The molecule has 1 aromatic heterocycles. The van der Waals surface area contributed by atoms with Crippen molar-refractivity contribution in [1.82, 2.24) is 19.4 Å². The van der Waals surface area contributed by atoms with Gasteiger partial charge >= 0.3 is 0 Å². The van der Waals surface area contributed by atoms with E-state index < -0.39 is 0 Å². The highest BCUT2D eigenvalue weighted by molar-refractivity contribution is 5.32. The van der Waals surface area contributed by atoms with Crippen molar-refractivity contribution in [3.63, 3.8) is 0 Å². The fourth-order valence-electron chi connectivity index (χ4n) is 3.99. The second-order valence-electron chi connectivity index (χ2n) is 7.14. The van der Waals surface area contributed by atoms with Gasteiger partial charge in [-0.15, -0.1) is 0 Å². The van der Waals surface area contributed by atoms with Crippen LogP contribution in [0.4, 0.5) is 0 Å². The molecule has 2 aliphatic rings. The highest BCUT2D eigenvalue weighted by atomic mass is 15.2. The number of rotatable bonds is 4. The number of fused-ring (bicyclic) bond motifs is 1. The number of nitriles is 1. The summed E-state index contributed by atoms with van der Waals surface area (Å²) in [5, 5.41) is 9.07. The molecule has 0 N–H and O–H groups in total. The fraction of sp³-hybridized carbons (Fsp3) is 0.500. The van der Waals surface area contributed by atoms with E-state index in [0.717, 1.165) is 44.7 Å². The van der Waals surface area contributed by atoms with Crippen LogP contribution in [0, 0.1) is 11.3 Å². The summed E-state index contributed by atoms with van der Waals surface area (Å²) in [5.74, 6) is 1.22. The van der Waals surface area contributed by atoms with E-state index in [4.69, 9.17) is 10.2 Å². The molecule has 0 unspecified atom stereocenters. The maximum atomic E-state index is 9.07. The average molecular weight is 335 g/mol. The van der Waals surface area contributed by atoms with Gasteiger partial charge in [0, 0.05) is 45.3 Å². The van der Waals surface area contributed by atoms with Gasteiger partial charge in [0.15, 0.2) is 0 Å². The number of hydrogen-bond donors (Lipinski definition) is 0. The molecule has 5 heteroatoms. The van der Waals surface area contributed by atoms with Gasteiger partial charge in [0.1, 0.15) is 5.82 Å². The molecule has 0 saturated carbocycles. The first-order valence-electron chi connectivity index (χ1n) is 9.29. The quantitative estimate of drug-likeness (QED) is 0.861. The van der Waals surface area contributed by atoms with Crippen LogP contribution in [0.15, 0.2) is 30.5 Å². The monoisotopic (exact) mass is 335 g/mol. The van der Waals surface area contributed by atoms with Crippen molar-refractivity contribution in [2.75, 3.05) is 26.2 Å². The van der Waals surface area contributed by atoms with E-state index >= 15 is 0 Å². The molecule has 1 aromatic carbocycles. The Balaban J connectivity index is 1.41. The summed E-state index contributed by atoms with van der Waals surface area (Å²) in [7, 11) is 0. The Morgan fingerprint density at radius 1 is 1.00 bits per heavy atom. The van der Waals surface area contributed by atoms with E-state index in [1.165, 1.54) is 43.0 Å². The molecule has 0 radical (unpaired) electrons.